The molecule has 1 unspecified atom stereocenters. The summed E-state index contributed by atoms with van der Waals surface area (Å²) < 4.78 is 38.1. The van der Waals surface area contributed by atoms with E-state index in [1.807, 2.05) is 45.0 Å². The van der Waals surface area contributed by atoms with E-state index < -0.39 is 10.0 Å². The average Bonchev–Trinajstić information content (AvgIpc) is 3.11. The molecule has 1 aliphatic heterocycles. The maximum absolute atomic E-state index is 13.0. The van der Waals surface area contributed by atoms with Crippen molar-refractivity contribution in [3.8, 4) is 5.75 Å². The summed E-state index contributed by atoms with van der Waals surface area (Å²) in [6.45, 7) is 10.3. The standard InChI is InChI=1S/C23H33N3O5S/c1-15(2)30-21-8-6-19(7-9-21)14-24-23(27)16(3)20-10-12-26(13-11-20)32(28,29)22-17(4)25-31-18(22)5/h6-9,15-16,20H,10-14H2,1-5H3,(H,24,27). The van der Waals surface area contributed by atoms with Gasteiger partial charge in [0.05, 0.1) is 6.10 Å². The third kappa shape index (κ3) is 5.50. The first-order chi connectivity index (χ1) is 15.1. The fourth-order valence-electron chi connectivity index (χ4n) is 4.11. The molecule has 176 valence electrons. The summed E-state index contributed by atoms with van der Waals surface area (Å²) in [5.74, 6) is 1.04. The highest BCUT2D eigenvalue weighted by Crippen LogP contribution is 2.30. The largest absolute Gasteiger partial charge is 0.491 e. The second kappa shape index (κ2) is 10.0. The molecule has 1 aromatic heterocycles. The Bertz CT molecular complexity index is 1000. The Morgan fingerprint density at radius 1 is 1.19 bits per heavy atom. The number of sulfonamides is 1. The third-order valence-electron chi connectivity index (χ3n) is 5.95. The number of carbonyl (C=O) groups excluding carboxylic acids is 1. The molecule has 0 saturated carbocycles. The molecule has 1 amide bonds. The van der Waals surface area contributed by atoms with Gasteiger partial charge in [-0.3, -0.25) is 4.79 Å². The van der Waals surface area contributed by atoms with E-state index in [4.69, 9.17) is 9.26 Å². The lowest BCUT2D eigenvalue weighted by molar-refractivity contribution is -0.126. The molecule has 2 heterocycles. The number of ether oxygens (including phenoxy) is 1. The monoisotopic (exact) mass is 463 g/mol. The van der Waals surface area contributed by atoms with Gasteiger partial charge in [0, 0.05) is 25.6 Å². The van der Waals surface area contributed by atoms with Crippen LogP contribution in [0, 0.1) is 25.7 Å². The molecule has 0 bridgehead atoms. The molecule has 1 aromatic carbocycles. The lowest BCUT2D eigenvalue weighted by Gasteiger charge is -2.33. The van der Waals surface area contributed by atoms with Crippen molar-refractivity contribution in [2.75, 3.05) is 13.1 Å². The van der Waals surface area contributed by atoms with Crippen LogP contribution in [0.4, 0.5) is 0 Å². The van der Waals surface area contributed by atoms with E-state index in [1.165, 1.54) is 4.31 Å². The van der Waals surface area contributed by atoms with Gasteiger partial charge in [-0.05, 0) is 64.2 Å². The van der Waals surface area contributed by atoms with E-state index in [1.54, 1.807) is 13.8 Å². The smallest absolute Gasteiger partial charge is 0.248 e. The Labute approximate surface area is 190 Å². The van der Waals surface area contributed by atoms with Crippen LogP contribution in [-0.4, -0.2) is 43.0 Å². The number of rotatable bonds is 8. The summed E-state index contributed by atoms with van der Waals surface area (Å²) in [7, 11) is -3.64. The van der Waals surface area contributed by atoms with E-state index in [-0.39, 0.29) is 28.7 Å². The molecule has 1 aliphatic rings. The predicted molar refractivity (Wildman–Crippen MR) is 121 cm³/mol. The molecule has 1 atom stereocenters. The van der Waals surface area contributed by atoms with Gasteiger partial charge in [0.15, 0.2) is 5.76 Å². The Hall–Kier alpha value is -2.39. The molecule has 3 rings (SSSR count). The zero-order valence-electron chi connectivity index (χ0n) is 19.4. The van der Waals surface area contributed by atoms with E-state index in [2.05, 4.69) is 10.5 Å². The number of aromatic nitrogens is 1. The summed E-state index contributed by atoms with van der Waals surface area (Å²) in [5.41, 5.74) is 1.38. The van der Waals surface area contributed by atoms with E-state index in [0.29, 0.717) is 43.9 Å². The molecule has 0 aliphatic carbocycles. The highest BCUT2D eigenvalue weighted by Gasteiger charge is 2.36. The summed E-state index contributed by atoms with van der Waals surface area (Å²) in [4.78, 5) is 12.9. The minimum Gasteiger partial charge on any atom is -0.491 e. The number of nitrogens with one attached hydrogen (secondary N) is 1. The quantitative estimate of drug-likeness (QED) is 0.644. The van der Waals surface area contributed by atoms with E-state index in [9.17, 15) is 13.2 Å². The van der Waals surface area contributed by atoms with Gasteiger partial charge < -0.3 is 14.6 Å². The molecule has 1 saturated heterocycles. The second-order valence-corrected chi connectivity index (χ2v) is 10.6. The molecule has 32 heavy (non-hydrogen) atoms. The minimum absolute atomic E-state index is 0.0143. The number of hydrogen-bond acceptors (Lipinski definition) is 6. The van der Waals surface area contributed by atoms with Gasteiger partial charge in [0.1, 0.15) is 16.3 Å². The van der Waals surface area contributed by atoms with Crippen LogP contribution in [0.3, 0.4) is 0 Å². The first-order valence-corrected chi connectivity index (χ1v) is 12.5. The van der Waals surface area contributed by atoms with Crippen molar-refractivity contribution in [1.29, 1.82) is 0 Å². The first kappa shape index (κ1) is 24.3. The normalized spacial score (nSPS) is 16.8. The van der Waals surface area contributed by atoms with Gasteiger partial charge in [-0.25, -0.2) is 8.42 Å². The fourth-order valence-corrected chi connectivity index (χ4v) is 5.87. The number of hydrogen-bond donors (Lipinski definition) is 1. The first-order valence-electron chi connectivity index (χ1n) is 11.1. The average molecular weight is 464 g/mol. The van der Waals surface area contributed by atoms with Crippen LogP contribution >= 0.6 is 0 Å². The Morgan fingerprint density at radius 3 is 2.34 bits per heavy atom. The van der Waals surface area contributed by atoms with Crippen molar-refractivity contribution in [1.82, 2.24) is 14.8 Å². The van der Waals surface area contributed by atoms with Gasteiger partial charge in [0.25, 0.3) is 0 Å². The summed E-state index contributed by atoms with van der Waals surface area (Å²) in [6, 6.07) is 7.70. The van der Waals surface area contributed by atoms with Crippen LogP contribution in [0.1, 0.15) is 50.6 Å². The highest BCUT2D eigenvalue weighted by molar-refractivity contribution is 7.89. The van der Waals surface area contributed by atoms with Gasteiger partial charge in [0.2, 0.25) is 15.9 Å². The maximum Gasteiger partial charge on any atom is 0.248 e. The Kier molecular flexibility index (Phi) is 7.61. The Morgan fingerprint density at radius 2 is 1.81 bits per heavy atom. The van der Waals surface area contributed by atoms with Crippen molar-refractivity contribution in [2.45, 2.75) is 65.0 Å². The van der Waals surface area contributed by atoms with Crippen molar-refractivity contribution in [3.63, 3.8) is 0 Å². The van der Waals surface area contributed by atoms with Crippen molar-refractivity contribution in [2.24, 2.45) is 11.8 Å². The third-order valence-corrected chi connectivity index (χ3v) is 8.09. The number of nitrogens with zero attached hydrogens (tertiary/aromatic N) is 2. The van der Waals surface area contributed by atoms with Gasteiger partial charge in [-0.2, -0.15) is 4.31 Å². The fraction of sp³-hybridized carbons (Fsp3) is 0.565. The summed E-state index contributed by atoms with van der Waals surface area (Å²) in [6.07, 6.45) is 1.39. The van der Waals surface area contributed by atoms with E-state index >= 15 is 0 Å². The van der Waals surface area contributed by atoms with Gasteiger partial charge in [-0.15, -0.1) is 0 Å². The van der Waals surface area contributed by atoms with Crippen LogP contribution in [0.25, 0.3) is 0 Å². The molecule has 8 nitrogen and oxygen atoms in total. The SMILES string of the molecule is Cc1noc(C)c1S(=O)(=O)N1CCC(C(C)C(=O)NCc2ccc(OC(C)C)cc2)CC1. The van der Waals surface area contributed by atoms with Crippen molar-refractivity contribution >= 4 is 15.9 Å². The predicted octanol–water partition coefficient (Wildman–Crippen LogP) is 3.43. The lowest BCUT2D eigenvalue weighted by atomic mass is 9.85. The molecular formula is C23H33N3O5S. The van der Waals surface area contributed by atoms with Crippen molar-refractivity contribution in [3.05, 3.63) is 41.3 Å². The molecule has 2 aromatic rings. The topological polar surface area (TPSA) is 102 Å². The Balaban J connectivity index is 1.51. The highest BCUT2D eigenvalue weighted by atomic mass is 32.2. The number of piperidine rings is 1. The molecule has 0 radical (unpaired) electrons. The van der Waals surface area contributed by atoms with Gasteiger partial charge in [-0.1, -0.05) is 24.2 Å². The minimum atomic E-state index is -3.64. The van der Waals surface area contributed by atoms with Crippen LogP contribution in [0.2, 0.25) is 0 Å². The number of carbonyl (C=O) groups is 1. The van der Waals surface area contributed by atoms with Crippen LogP contribution in [0.15, 0.2) is 33.7 Å². The van der Waals surface area contributed by atoms with Crippen molar-refractivity contribution < 1.29 is 22.5 Å². The number of benzene rings is 1. The molecule has 1 N–H and O–H groups in total. The maximum atomic E-state index is 13.0. The number of aryl methyl sites for hydroxylation is 2. The van der Waals surface area contributed by atoms with Crippen LogP contribution < -0.4 is 10.1 Å². The second-order valence-electron chi connectivity index (χ2n) is 8.71. The van der Waals surface area contributed by atoms with Crippen LogP contribution in [0.5, 0.6) is 5.75 Å². The van der Waals surface area contributed by atoms with Gasteiger partial charge >= 0.3 is 0 Å². The summed E-state index contributed by atoms with van der Waals surface area (Å²) >= 11 is 0. The molecule has 9 heteroatoms. The number of amides is 1. The van der Waals surface area contributed by atoms with Crippen LogP contribution in [-0.2, 0) is 21.4 Å². The molecular weight excluding hydrogens is 430 g/mol. The molecule has 0 spiro atoms. The van der Waals surface area contributed by atoms with E-state index in [0.717, 1.165) is 11.3 Å². The molecule has 1 fully saturated rings. The summed E-state index contributed by atoms with van der Waals surface area (Å²) in [5, 5.41) is 6.77. The zero-order valence-corrected chi connectivity index (χ0v) is 20.2. The lowest BCUT2D eigenvalue weighted by Crippen LogP contribution is -2.42. The zero-order chi connectivity index (χ0) is 23.5.